The van der Waals surface area contributed by atoms with Crippen molar-refractivity contribution in [2.45, 2.75) is 118 Å². The van der Waals surface area contributed by atoms with Crippen LogP contribution in [0, 0.1) is 40.4 Å². The van der Waals surface area contributed by atoms with Crippen molar-refractivity contribution in [1.82, 2.24) is 5.32 Å². The zero-order chi connectivity index (χ0) is 26.5. The Morgan fingerprint density at radius 2 is 2.00 bits per heavy atom. The van der Waals surface area contributed by atoms with Gasteiger partial charge in [0, 0.05) is 38.6 Å². The van der Waals surface area contributed by atoms with Crippen LogP contribution in [-0.2, 0) is 19.1 Å². The predicted molar refractivity (Wildman–Crippen MR) is 145 cm³/mol. The Bertz CT molecular complexity index is 983. The minimum Gasteiger partial charge on any atom is -0.494 e. The van der Waals surface area contributed by atoms with Gasteiger partial charge >= 0.3 is 5.97 Å². The van der Waals surface area contributed by atoms with Crippen LogP contribution in [0.25, 0.3) is 0 Å². The molecular formula is C32H49NO4. The van der Waals surface area contributed by atoms with E-state index in [1.165, 1.54) is 37.0 Å². The summed E-state index contributed by atoms with van der Waals surface area (Å²) in [5, 5.41) is 2.96. The molecule has 0 bridgehead atoms. The van der Waals surface area contributed by atoms with E-state index in [0.29, 0.717) is 29.8 Å². The third-order valence-corrected chi connectivity index (χ3v) is 11.4. The van der Waals surface area contributed by atoms with Crippen molar-refractivity contribution >= 4 is 11.9 Å². The number of hydrogen-bond acceptors (Lipinski definition) is 4. The second-order valence-electron chi connectivity index (χ2n) is 13.6. The Balaban J connectivity index is 1.28. The highest BCUT2D eigenvalue weighted by Gasteiger charge is 2.63. The van der Waals surface area contributed by atoms with E-state index in [4.69, 9.17) is 9.47 Å². The molecule has 1 amide bonds. The zero-order valence-corrected chi connectivity index (χ0v) is 24.0. The molecule has 0 aromatic rings. The number of allylic oxidation sites excluding steroid dienone is 2. The highest BCUT2D eigenvalue weighted by molar-refractivity contribution is 5.72. The molecule has 0 aromatic heterocycles. The van der Waals surface area contributed by atoms with Gasteiger partial charge in [0.2, 0.25) is 5.91 Å². The van der Waals surface area contributed by atoms with Crippen LogP contribution in [0.3, 0.4) is 0 Å². The standard InChI is InChI=1S/C32H49NO4/c1-7-29(35)36-23-12-14-31(5)22(16-23)9-10-24-25(31)13-15-32(6)26(24)17-28-30(32)20(3)27(37-28)11-8-19(2)18-33-21(4)34/h9,19,23-26,28,30H,7-8,10-18H2,1-6H3,(H,33,34). The fourth-order valence-electron chi connectivity index (χ4n) is 9.38. The average molecular weight is 512 g/mol. The number of amides is 1. The van der Waals surface area contributed by atoms with Crippen molar-refractivity contribution in [2.24, 2.45) is 40.4 Å². The quantitative estimate of drug-likeness (QED) is 0.304. The molecule has 37 heavy (non-hydrogen) atoms. The molecule has 9 atom stereocenters. The summed E-state index contributed by atoms with van der Waals surface area (Å²) in [5.74, 6) is 4.45. The lowest BCUT2D eigenvalue weighted by Crippen LogP contribution is -2.50. The lowest BCUT2D eigenvalue weighted by molar-refractivity contribution is -0.151. The van der Waals surface area contributed by atoms with Crippen molar-refractivity contribution < 1.29 is 19.1 Å². The predicted octanol–water partition coefficient (Wildman–Crippen LogP) is 6.72. The Hall–Kier alpha value is -1.78. The number of hydrogen-bond donors (Lipinski definition) is 1. The van der Waals surface area contributed by atoms with Crippen LogP contribution in [0.1, 0.15) is 106 Å². The molecule has 5 nitrogen and oxygen atoms in total. The van der Waals surface area contributed by atoms with Gasteiger partial charge in [-0.3, -0.25) is 9.59 Å². The second-order valence-corrected chi connectivity index (χ2v) is 13.6. The summed E-state index contributed by atoms with van der Waals surface area (Å²) < 4.78 is 12.5. The Morgan fingerprint density at radius 1 is 1.22 bits per heavy atom. The first-order valence-electron chi connectivity index (χ1n) is 15.1. The van der Waals surface area contributed by atoms with Gasteiger partial charge in [-0.15, -0.1) is 0 Å². The monoisotopic (exact) mass is 511 g/mol. The summed E-state index contributed by atoms with van der Waals surface area (Å²) in [5.41, 5.74) is 3.67. The van der Waals surface area contributed by atoms with Crippen molar-refractivity contribution in [3.05, 3.63) is 23.0 Å². The first-order valence-corrected chi connectivity index (χ1v) is 15.1. The largest absolute Gasteiger partial charge is 0.494 e. The first kappa shape index (κ1) is 26.8. The Morgan fingerprint density at radius 3 is 2.73 bits per heavy atom. The lowest BCUT2D eigenvalue weighted by Gasteiger charge is -2.58. The van der Waals surface area contributed by atoms with Crippen LogP contribution in [0.5, 0.6) is 0 Å². The van der Waals surface area contributed by atoms with Crippen LogP contribution < -0.4 is 5.32 Å². The van der Waals surface area contributed by atoms with Gasteiger partial charge in [0.1, 0.15) is 12.2 Å². The van der Waals surface area contributed by atoms with E-state index in [0.717, 1.165) is 56.4 Å². The molecule has 3 saturated carbocycles. The van der Waals surface area contributed by atoms with Crippen molar-refractivity contribution in [3.63, 3.8) is 0 Å². The fraction of sp³-hybridized carbons (Fsp3) is 0.812. The molecule has 1 aliphatic heterocycles. The molecule has 5 aliphatic rings. The number of rotatable bonds is 7. The van der Waals surface area contributed by atoms with Gasteiger partial charge in [0.25, 0.3) is 0 Å². The third-order valence-electron chi connectivity index (χ3n) is 11.4. The molecule has 5 heteroatoms. The van der Waals surface area contributed by atoms with Crippen LogP contribution in [0.15, 0.2) is 23.0 Å². The molecule has 1 N–H and O–H groups in total. The maximum absolute atomic E-state index is 11.9. The molecule has 206 valence electrons. The van der Waals surface area contributed by atoms with Crippen LogP contribution in [0.4, 0.5) is 0 Å². The van der Waals surface area contributed by atoms with Crippen LogP contribution in [-0.4, -0.2) is 30.6 Å². The van der Waals surface area contributed by atoms with Crippen LogP contribution in [0.2, 0.25) is 0 Å². The minimum absolute atomic E-state index is 0.0509. The Labute approximate surface area is 224 Å². The first-order chi connectivity index (χ1) is 17.6. The molecular weight excluding hydrogens is 462 g/mol. The summed E-state index contributed by atoms with van der Waals surface area (Å²) in [6, 6.07) is 0. The molecule has 5 rings (SSSR count). The minimum atomic E-state index is -0.0567. The van der Waals surface area contributed by atoms with Crippen molar-refractivity contribution in [1.29, 1.82) is 0 Å². The summed E-state index contributed by atoms with van der Waals surface area (Å²) in [6.45, 7) is 13.9. The van der Waals surface area contributed by atoms with Gasteiger partial charge in [-0.1, -0.05) is 39.3 Å². The van der Waals surface area contributed by atoms with E-state index in [-0.39, 0.29) is 23.4 Å². The van der Waals surface area contributed by atoms with Crippen molar-refractivity contribution in [3.8, 4) is 0 Å². The molecule has 0 saturated heterocycles. The van der Waals surface area contributed by atoms with E-state index in [1.54, 1.807) is 12.5 Å². The average Bonchev–Trinajstić information content (AvgIpc) is 3.34. The number of nitrogens with one attached hydrogen (secondary N) is 1. The van der Waals surface area contributed by atoms with E-state index < -0.39 is 0 Å². The van der Waals surface area contributed by atoms with Gasteiger partial charge in [0.15, 0.2) is 0 Å². The summed E-state index contributed by atoms with van der Waals surface area (Å²) >= 11 is 0. The highest BCUT2D eigenvalue weighted by Crippen LogP contribution is 2.69. The fourth-order valence-corrected chi connectivity index (χ4v) is 9.38. The highest BCUT2D eigenvalue weighted by atomic mass is 16.5. The van der Waals surface area contributed by atoms with Gasteiger partial charge in [-0.2, -0.15) is 0 Å². The Kier molecular flexibility index (Phi) is 7.30. The van der Waals surface area contributed by atoms with Gasteiger partial charge in [-0.25, -0.2) is 0 Å². The molecule has 4 aliphatic carbocycles. The van der Waals surface area contributed by atoms with E-state index in [1.807, 2.05) is 6.92 Å². The molecule has 9 unspecified atom stereocenters. The lowest BCUT2D eigenvalue weighted by atomic mass is 9.47. The van der Waals surface area contributed by atoms with Gasteiger partial charge in [-0.05, 0) is 91.9 Å². The summed E-state index contributed by atoms with van der Waals surface area (Å²) in [7, 11) is 0. The van der Waals surface area contributed by atoms with E-state index in [2.05, 4.69) is 39.1 Å². The number of fused-ring (bicyclic) bond motifs is 7. The number of ether oxygens (including phenoxy) is 2. The smallest absolute Gasteiger partial charge is 0.305 e. The molecule has 0 radical (unpaired) electrons. The van der Waals surface area contributed by atoms with Crippen LogP contribution >= 0.6 is 0 Å². The normalized spacial score (nSPS) is 41.0. The number of esters is 1. The maximum atomic E-state index is 11.9. The topological polar surface area (TPSA) is 64.6 Å². The zero-order valence-electron chi connectivity index (χ0n) is 24.0. The molecule has 3 fully saturated rings. The van der Waals surface area contributed by atoms with E-state index >= 15 is 0 Å². The van der Waals surface area contributed by atoms with Crippen molar-refractivity contribution in [2.75, 3.05) is 6.54 Å². The summed E-state index contributed by atoms with van der Waals surface area (Å²) in [6.07, 6.45) is 13.5. The molecule has 1 heterocycles. The van der Waals surface area contributed by atoms with Gasteiger partial charge in [0.05, 0.1) is 5.76 Å². The third kappa shape index (κ3) is 4.67. The number of carbonyl (C=O) groups excluding carboxylic acids is 2. The summed E-state index contributed by atoms with van der Waals surface area (Å²) in [4.78, 5) is 23.2. The number of carbonyl (C=O) groups is 2. The molecule has 0 aromatic carbocycles. The molecule has 0 spiro atoms. The SMILES string of the molecule is CCC(=O)OC1CCC2(C)C(=CCC3C2CCC2(C)C3CC3OC(CCC(C)CNC(C)=O)=C(C)C32)C1. The maximum Gasteiger partial charge on any atom is 0.305 e. The van der Waals surface area contributed by atoms with E-state index in [9.17, 15) is 9.59 Å². The van der Waals surface area contributed by atoms with Gasteiger partial charge < -0.3 is 14.8 Å². The second kappa shape index (κ2) is 10.1.